The van der Waals surface area contributed by atoms with E-state index in [1.807, 2.05) is 19.9 Å². The molecule has 0 aliphatic heterocycles. The van der Waals surface area contributed by atoms with Gasteiger partial charge in [0.25, 0.3) is 5.91 Å². The third-order valence-electron chi connectivity index (χ3n) is 3.43. The Labute approximate surface area is 137 Å². The van der Waals surface area contributed by atoms with Crippen LogP contribution in [0.15, 0.2) is 47.1 Å². The number of hydrogen-bond acceptors (Lipinski definition) is 4. The van der Waals surface area contributed by atoms with Crippen molar-refractivity contribution in [1.82, 2.24) is 4.98 Å². The molecule has 0 unspecified atom stereocenters. The quantitative estimate of drug-likeness (QED) is 0.707. The minimum Gasteiger partial charge on any atom is -0.462 e. The summed E-state index contributed by atoms with van der Waals surface area (Å²) in [6.45, 7) is 4.20. The van der Waals surface area contributed by atoms with Crippen molar-refractivity contribution < 1.29 is 13.6 Å². The normalized spacial score (nSPS) is 10.7. The lowest BCUT2D eigenvalue weighted by molar-refractivity contribution is 0.0983. The Bertz CT molecular complexity index is 810. The summed E-state index contributed by atoms with van der Waals surface area (Å²) < 4.78 is 18.4. The second kappa shape index (κ2) is 6.34. The zero-order chi connectivity index (χ0) is 16.4. The first kappa shape index (κ1) is 15.4. The van der Waals surface area contributed by atoms with Gasteiger partial charge < -0.3 is 9.32 Å². The monoisotopic (exact) mass is 330 g/mol. The largest absolute Gasteiger partial charge is 0.462 e. The SMILES string of the molecule is CCN(C(=O)c1nc(-c2ccco2)sc1C)c1ccc(F)cc1. The Morgan fingerprint density at radius 3 is 2.65 bits per heavy atom. The molecule has 3 aromatic rings. The van der Waals surface area contributed by atoms with Crippen molar-refractivity contribution in [3.8, 4) is 10.8 Å². The smallest absolute Gasteiger partial charge is 0.278 e. The van der Waals surface area contributed by atoms with Crippen LogP contribution in [0, 0.1) is 12.7 Å². The van der Waals surface area contributed by atoms with E-state index in [9.17, 15) is 9.18 Å². The lowest BCUT2D eigenvalue weighted by atomic mass is 10.2. The standard InChI is InChI=1S/C17H15FN2O2S/c1-3-20(13-8-6-12(18)7-9-13)17(21)15-11(2)23-16(19-15)14-5-4-10-22-14/h4-10H,3H2,1-2H3. The number of carbonyl (C=O) groups is 1. The maximum atomic E-state index is 13.1. The number of rotatable bonds is 4. The zero-order valence-electron chi connectivity index (χ0n) is 12.7. The molecule has 6 heteroatoms. The molecule has 1 amide bonds. The number of hydrogen-bond donors (Lipinski definition) is 0. The number of halogens is 1. The number of carbonyl (C=O) groups excluding carboxylic acids is 1. The van der Waals surface area contributed by atoms with E-state index in [1.165, 1.54) is 23.5 Å². The molecule has 118 valence electrons. The number of thiazole rings is 1. The summed E-state index contributed by atoms with van der Waals surface area (Å²) in [7, 11) is 0. The predicted molar refractivity (Wildman–Crippen MR) is 88.3 cm³/mol. The van der Waals surface area contributed by atoms with Gasteiger partial charge in [-0.3, -0.25) is 4.79 Å². The third-order valence-corrected chi connectivity index (χ3v) is 4.42. The van der Waals surface area contributed by atoms with Gasteiger partial charge >= 0.3 is 0 Å². The summed E-state index contributed by atoms with van der Waals surface area (Å²) in [5.41, 5.74) is 1.04. The number of anilines is 1. The van der Waals surface area contributed by atoms with Crippen molar-refractivity contribution in [2.24, 2.45) is 0 Å². The van der Waals surface area contributed by atoms with Gasteiger partial charge in [0.1, 0.15) is 11.5 Å². The second-order valence-electron chi connectivity index (χ2n) is 4.93. The zero-order valence-corrected chi connectivity index (χ0v) is 13.6. The van der Waals surface area contributed by atoms with Gasteiger partial charge in [-0.1, -0.05) is 0 Å². The van der Waals surface area contributed by atoms with Crippen LogP contribution in [0.4, 0.5) is 10.1 Å². The van der Waals surface area contributed by atoms with Gasteiger partial charge in [0.15, 0.2) is 10.8 Å². The molecule has 1 aromatic carbocycles. The van der Waals surface area contributed by atoms with Crippen LogP contribution < -0.4 is 4.90 Å². The van der Waals surface area contributed by atoms with Gasteiger partial charge in [-0.05, 0) is 50.2 Å². The molecule has 0 N–H and O–H groups in total. The summed E-state index contributed by atoms with van der Waals surface area (Å²) in [5.74, 6) is 0.106. The lowest BCUT2D eigenvalue weighted by Crippen LogP contribution is -2.31. The number of aryl methyl sites for hydroxylation is 1. The molecule has 2 heterocycles. The second-order valence-corrected chi connectivity index (χ2v) is 6.13. The molecule has 0 spiro atoms. The van der Waals surface area contributed by atoms with E-state index in [4.69, 9.17) is 4.42 Å². The Balaban J connectivity index is 1.94. The molecule has 4 nitrogen and oxygen atoms in total. The fourth-order valence-electron chi connectivity index (χ4n) is 2.29. The van der Waals surface area contributed by atoms with Crippen LogP contribution in [0.25, 0.3) is 10.8 Å². The van der Waals surface area contributed by atoms with Crippen molar-refractivity contribution in [2.45, 2.75) is 13.8 Å². The third kappa shape index (κ3) is 3.03. The molecular weight excluding hydrogens is 315 g/mol. The summed E-state index contributed by atoms with van der Waals surface area (Å²) in [6.07, 6.45) is 1.57. The van der Waals surface area contributed by atoms with Crippen LogP contribution in [-0.2, 0) is 0 Å². The van der Waals surface area contributed by atoms with Crippen molar-refractivity contribution >= 4 is 22.9 Å². The fraction of sp³-hybridized carbons (Fsp3) is 0.176. The first-order valence-electron chi connectivity index (χ1n) is 7.19. The van der Waals surface area contributed by atoms with Gasteiger partial charge in [0, 0.05) is 17.1 Å². The minimum absolute atomic E-state index is 0.203. The Hall–Kier alpha value is -2.47. The number of aromatic nitrogens is 1. The van der Waals surface area contributed by atoms with Crippen LogP contribution in [0.5, 0.6) is 0 Å². The molecule has 3 rings (SSSR count). The topological polar surface area (TPSA) is 46.3 Å². The molecule has 0 radical (unpaired) electrons. The molecule has 0 saturated heterocycles. The molecule has 0 fully saturated rings. The van der Waals surface area contributed by atoms with E-state index < -0.39 is 0 Å². The number of benzene rings is 1. The molecular formula is C17H15FN2O2S. The van der Waals surface area contributed by atoms with E-state index in [1.54, 1.807) is 29.4 Å². The Morgan fingerprint density at radius 2 is 2.04 bits per heavy atom. The maximum Gasteiger partial charge on any atom is 0.278 e. The van der Waals surface area contributed by atoms with Crippen LogP contribution >= 0.6 is 11.3 Å². The highest BCUT2D eigenvalue weighted by atomic mass is 32.1. The maximum absolute atomic E-state index is 13.1. The molecule has 0 aliphatic carbocycles. The van der Waals surface area contributed by atoms with E-state index in [0.29, 0.717) is 28.7 Å². The van der Waals surface area contributed by atoms with E-state index >= 15 is 0 Å². The number of nitrogens with zero attached hydrogens (tertiary/aromatic N) is 2. The summed E-state index contributed by atoms with van der Waals surface area (Å²) in [4.78, 5) is 19.6. The van der Waals surface area contributed by atoms with Crippen LogP contribution in [-0.4, -0.2) is 17.4 Å². The first-order valence-corrected chi connectivity index (χ1v) is 8.00. The molecule has 23 heavy (non-hydrogen) atoms. The van der Waals surface area contributed by atoms with E-state index in [0.717, 1.165) is 4.88 Å². The van der Waals surface area contributed by atoms with Gasteiger partial charge in [-0.2, -0.15) is 0 Å². The highest BCUT2D eigenvalue weighted by Crippen LogP contribution is 2.29. The van der Waals surface area contributed by atoms with Gasteiger partial charge in [0.2, 0.25) is 0 Å². The van der Waals surface area contributed by atoms with Crippen molar-refractivity contribution in [2.75, 3.05) is 11.4 Å². The van der Waals surface area contributed by atoms with Crippen molar-refractivity contribution in [3.05, 3.63) is 59.0 Å². The van der Waals surface area contributed by atoms with Crippen LogP contribution in [0.1, 0.15) is 22.3 Å². The van der Waals surface area contributed by atoms with E-state index in [-0.39, 0.29) is 11.7 Å². The molecule has 0 atom stereocenters. The summed E-state index contributed by atoms with van der Waals surface area (Å²) >= 11 is 1.41. The molecule has 0 saturated carbocycles. The van der Waals surface area contributed by atoms with Gasteiger partial charge in [-0.25, -0.2) is 9.37 Å². The number of amides is 1. The summed E-state index contributed by atoms with van der Waals surface area (Å²) in [5, 5.41) is 0.672. The highest BCUT2D eigenvalue weighted by molar-refractivity contribution is 7.15. The first-order chi connectivity index (χ1) is 11.1. The summed E-state index contributed by atoms with van der Waals surface area (Å²) in [6, 6.07) is 9.45. The Kier molecular flexibility index (Phi) is 4.25. The average molecular weight is 330 g/mol. The molecule has 2 aromatic heterocycles. The van der Waals surface area contributed by atoms with Crippen LogP contribution in [0.2, 0.25) is 0 Å². The van der Waals surface area contributed by atoms with Crippen molar-refractivity contribution in [1.29, 1.82) is 0 Å². The van der Waals surface area contributed by atoms with Gasteiger partial charge in [-0.15, -0.1) is 11.3 Å². The Morgan fingerprint density at radius 1 is 1.30 bits per heavy atom. The van der Waals surface area contributed by atoms with Gasteiger partial charge in [0.05, 0.1) is 6.26 Å². The fourth-order valence-corrected chi connectivity index (χ4v) is 3.17. The molecule has 0 aliphatic rings. The lowest BCUT2D eigenvalue weighted by Gasteiger charge is -2.20. The number of furan rings is 1. The molecule has 0 bridgehead atoms. The van der Waals surface area contributed by atoms with E-state index in [2.05, 4.69) is 4.98 Å². The highest BCUT2D eigenvalue weighted by Gasteiger charge is 2.23. The van der Waals surface area contributed by atoms with Crippen molar-refractivity contribution in [3.63, 3.8) is 0 Å². The van der Waals surface area contributed by atoms with Crippen LogP contribution in [0.3, 0.4) is 0 Å². The average Bonchev–Trinajstić information content (AvgIpc) is 3.19. The predicted octanol–water partition coefficient (Wildman–Crippen LogP) is 4.52. The minimum atomic E-state index is -0.331.